The molecular formula is C18H19F3N4O. The van der Waals surface area contributed by atoms with E-state index in [1.807, 2.05) is 0 Å². The number of anilines is 2. The van der Waals surface area contributed by atoms with Gasteiger partial charge in [0.2, 0.25) is 5.95 Å². The number of alkyl halides is 3. The van der Waals surface area contributed by atoms with E-state index in [4.69, 9.17) is 0 Å². The maximum absolute atomic E-state index is 12.8. The summed E-state index contributed by atoms with van der Waals surface area (Å²) in [7, 11) is 0. The second kappa shape index (κ2) is 7.31. The zero-order chi connectivity index (χ0) is 18.7. The van der Waals surface area contributed by atoms with Gasteiger partial charge in [-0.25, -0.2) is 9.97 Å². The van der Waals surface area contributed by atoms with Crippen LogP contribution in [0.2, 0.25) is 0 Å². The third-order valence-electron chi connectivity index (χ3n) is 4.22. The highest BCUT2D eigenvalue weighted by atomic mass is 19.4. The van der Waals surface area contributed by atoms with E-state index in [1.54, 1.807) is 13.0 Å². The number of rotatable bonds is 4. The summed E-state index contributed by atoms with van der Waals surface area (Å²) in [6.45, 7) is 1.70. The average molecular weight is 364 g/mol. The van der Waals surface area contributed by atoms with Gasteiger partial charge in [-0.3, -0.25) is 4.79 Å². The number of nitrogens with zero attached hydrogens (tertiary/aromatic N) is 2. The number of hydrogen-bond donors (Lipinski definition) is 2. The summed E-state index contributed by atoms with van der Waals surface area (Å²) < 4.78 is 38.5. The van der Waals surface area contributed by atoms with Crippen LogP contribution in [0, 0.1) is 6.92 Å². The Morgan fingerprint density at radius 2 is 1.88 bits per heavy atom. The van der Waals surface area contributed by atoms with Crippen LogP contribution in [0.15, 0.2) is 30.3 Å². The lowest BCUT2D eigenvalue weighted by Gasteiger charge is -2.13. The van der Waals surface area contributed by atoms with Gasteiger partial charge in [-0.15, -0.1) is 0 Å². The van der Waals surface area contributed by atoms with E-state index in [0.29, 0.717) is 5.69 Å². The standard InChI is InChI=1S/C18H19F3N4O/c1-11-9-15(16(26)23-13-6-2-3-7-13)25-17(22-11)24-14-8-4-5-12(10-14)18(19,20)21/h4-5,8-10,13H,2-3,6-7H2,1H3,(H,23,26)(H,22,24,25). The Labute approximate surface area is 149 Å². The Kier molecular flexibility index (Phi) is 5.11. The summed E-state index contributed by atoms with van der Waals surface area (Å²) in [6.07, 6.45) is -0.347. The normalized spacial score (nSPS) is 15.1. The Balaban J connectivity index is 1.78. The van der Waals surface area contributed by atoms with Gasteiger partial charge in [0, 0.05) is 17.4 Å². The monoisotopic (exact) mass is 364 g/mol. The molecular weight excluding hydrogens is 345 g/mol. The third-order valence-corrected chi connectivity index (χ3v) is 4.22. The maximum atomic E-state index is 12.8. The Morgan fingerprint density at radius 3 is 2.58 bits per heavy atom. The molecule has 1 aliphatic rings. The lowest BCUT2D eigenvalue weighted by molar-refractivity contribution is -0.137. The van der Waals surface area contributed by atoms with Crippen LogP contribution in [0.25, 0.3) is 0 Å². The van der Waals surface area contributed by atoms with Gasteiger partial charge < -0.3 is 10.6 Å². The minimum Gasteiger partial charge on any atom is -0.348 e. The van der Waals surface area contributed by atoms with Crippen LogP contribution in [-0.4, -0.2) is 21.9 Å². The van der Waals surface area contributed by atoms with Gasteiger partial charge in [-0.2, -0.15) is 13.2 Å². The Hall–Kier alpha value is -2.64. The van der Waals surface area contributed by atoms with Crippen molar-refractivity contribution >= 4 is 17.5 Å². The van der Waals surface area contributed by atoms with Crippen LogP contribution in [0.5, 0.6) is 0 Å². The molecule has 3 rings (SSSR count). The number of carbonyl (C=O) groups is 1. The minimum atomic E-state index is -4.43. The molecule has 0 radical (unpaired) electrons. The highest BCUT2D eigenvalue weighted by Crippen LogP contribution is 2.31. The summed E-state index contributed by atoms with van der Waals surface area (Å²) in [4.78, 5) is 20.7. The number of halogens is 3. The number of nitrogens with one attached hydrogen (secondary N) is 2. The zero-order valence-electron chi connectivity index (χ0n) is 14.2. The van der Waals surface area contributed by atoms with Gasteiger partial charge in [0.1, 0.15) is 5.69 Å². The van der Waals surface area contributed by atoms with Crippen LogP contribution < -0.4 is 10.6 Å². The first-order valence-electron chi connectivity index (χ1n) is 8.42. The van der Waals surface area contributed by atoms with Crippen molar-refractivity contribution in [3.63, 3.8) is 0 Å². The molecule has 1 heterocycles. The molecule has 0 bridgehead atoms. The zero-order valence-corrected chi connectivity index (χ0v) is 14.2. The maximum Gasteiger partial charge on any atom is 0.416 e. The van der Waals surface area contributed by atoms with Crippen molar-refractivity contribution in [3.8, 4) is 0 Å². The smallest absolute Gasteiger partial charge is 0.348 e. The molecule has 0 aliphatic heterocycles. The predicted octanol–water partition coefficient (Wildman–Crippen LogP) is 4.22. The highest BCUT2D eigenvalue weighted by Gasteiger charge is 2.30. The number of hydrogen-bond acceptors (Lipinski definition) is 4. The predicted molar refractivity (Wildman–Crippen MR) is 91.2 cm³/mol. The van der Waals surface area contributed by atoms with Gasteiger partial charge in [0.15, 0.2) is 0 Å². The first kappa shape index (κ1) is 18.2. The second-order valence-corrected chi connectivity index (χ2v) is 6.38. The molecule has 0 saturated heterocycles. The summed E-state index contributed by atoms with van der Waals surface area (Å²) in [5.74, 6) is -0.213. The Morgan fingerprint density at radius 1 is 1.15 bits per heavy atom. The van der Waals surface area contributed by atoms with E-state index < -0.39 is 11.7 Å². The minimum absolute atomic E-state index is 0.0842. The lowest BCUT2D eigenvalue weighted by atomic mass is 10.2. The summed E-state index contributed by atoms with van der Waals surface area (Å²) in [6, 6.07) is 6.46. The largest absolute Gasteiger partial charge is 0.416 e. The molecule has 0 unspecified atom stereocenters. The SMILES string of the molecule is Cc1cc(C(=O)NC2CCCC2)nc(Nc2cccc(C(F)(F)F)c2)n1. The van der Waals surface area contributed by atoms with Crippen molar-refractivity contribution in [1.82, 2.24) is 15.3 Å². The molecule has 1 fully saturated rings. The van der Waals surface area contributed by atoms with Crippen molar-refractivity contribution in [1.29, 1.82) is 0 Å². The molecule has 1 amide bonds. The fraction of sp³-hybridized carbons (Fsp3) is 0.389. The lowest BCUT2D eigenvalue weighted by Crippen LogP contribution is -2.33. The van der Waals surface area contributed by atoms with Gasteiger partial charge in [-0.1, -0.05) is 18.9 Å². The molecule has 2 N–H and O–H groups in total. The second-order valence-electron chi connectivity index (χ2n) is 6.38. The third kappa shape index (κ3) is 4.50. The first-order chi connectivity index (χ1) is 12.3. The number of aromatic nitrogens is 2. The van der Waals surface area contributed by atoms with Crippen LogP contribution >= 0.6 is 0 Å². The molecule has 1 aliphatic carbocycles. The van der Waals surface area contributed by atoms with Crippen LogP contribution in [0.4, 0.5) is 24.8 Å². The molecule has 8 heteroatoms. The van der Waals surface area contributed by atoms with Crippen molar-refractivity contribution in [2.24, 2.45) is 0 Å². The highest BCUT2D eigenvalue weighted by molar-refractivity contribution is 5.92. The molecule has 26 heavy (non-hydrogen) atoms. The number of amides is 1. The fourth-order valence-electron chi connectivity index (χ4n) is 2.97. The Bertz CT molecular complexity index is 801. The summed E-state index contributed by atoms with van der Waals surface area (Å²) in [5.41, 5.74) is 0.173. The number of carbonyl (C=O) groups excluding carboxylic acids is 1. The average Bonchev–Trinajstić information content (AvgIpc) is 3.06. The molecule has 2 aromatic rings. The molecule has 0 spiro atoms. The van der Waals surface area contributed by atoms with Crippen molar-refractivity contribution < 1.29 is 18.0 Å². The molecule has 1 aromatic carbocycles. The quantitative estimate of drug-likeness (QED) is 0.852. The summed E-state index contributed by atoms with van der Waals surface area (Å²) in [5, 5.41) is 5.68. The first-order valence-corrected chi connectivity index (χ1v) is 8.42. The van der Waals surface area contributed by atoms with Crippen molar-refractivity contribution in [2.45, 2.75) is 44.8 Å². The van der Waals surface area contributed by atoms with Crippen molar-refractivity contribution in [3.05, 3.63) is 47.3 Å². The van der Waals surface area contributed by atoms with E-state index >= 15 is 0 Å². The molecule has 0 atom stereocenters. The van der Waals surface area contributed by atoms with E-state index in [1.165, 1.54) is 12.1 Å². The number of benzene rings is 1. The topological polar surface area (TPSA) is 66.9 Å². The van der Waals surface area contributed by atoms with E-state index in [-0.39, 0.29) is 29.3 Å². The summed E-state index contributed by atoms with van der Waals surface area (Å²) >= 11 is 0. The van der Waals surface area contributed by atoms with Gasteiger partial charge in [0.25, 0.3) is 5.91 Å². The molecule has 1 aromatic heterocycles. The van der Waals surface area contributed by atoms with Gasteiger partial charge >= 0.3 is 6.18 Å². The van der Waals surface area contributed by atoms with Gasteiger partial charge in [-0.05, 0) is 44.0 Å². The van der Waals surface area contributed by atoms with Crippen molar-refractivity contribution in [2.75, 3.05) is 5.32 Å². The van der Waals surface area contributed by atoms with Gasteiger partial charge in [0.05, 0.1) is 5.56 Å². The fourth-order valence-corrected chi connectivity index (χ4v) is 2.97. The van der Waals surface area contributed by atoms with E-state index in [0.717, 1.165) is 37.8 Å². The number of aryl methyl sites for hydroxylation is 1. The molecule has 5 nitrogen and oxygen atoms in total. The van der Waals surface area contributed by atoms with Crippen LogP contribution in [0.1, 0.15) is 47.4 Å². The van der Waals surface area contributed by atoms with E-state index in [9.17, 15) is 18.0 Å². The van der Waals surface area contributed by atoms with Crippen LogP contribution in [0.3, 0.4) is 0 Å². The van der Waals surface area contributed by atoms with Crippen LogP contribution in [-0.2, 0) is 6.18 Å². The van der Waals surface area contributed by atoms with E-state index in [2.05, 4.69) is 20.6 Å². The molecule has 1 saturated carbocycles. The molecule has 138 valence electrons.